The number of hydrogen-bond acceptors (Lipinski definition) is 3. The maximum absolute atomic E-state index is 12.4. The van der Waals surface area contributed by atoms with Gasteiger partial charge in [-0.25, -0.2) is 0 Å². The zero-order valence-electron chi connectivity index (χ0n) is 11.6. The van der Waals surface area contributed by atoms with Crippen molar-refractivity contribution in [1.82, 2.24) is 0 Å². The molecule has 2 N–H and O–H groups in total. The summed E-state index contributed by atoms with van der Waals surface area (Å²) in [5.74, 6) is 0.206. The van der Waals surface area contributed by atoms with Gasteiger partial charge in [-0.1, -0.05) is 42.5 Å². The molecular formula is C17H18ClNO2. The Balaban J connectivity index is 2.10. The summed E-state index contributed by atoms with van der Waals surface area (Å²) in [5.41, 5.74) is 2.34. The standard InChI is InChI=1S/C17H18ClNO2/c18-11-14(20)12-19-16-9-5-4-8-15(16)17(21)10-13-6-2-1-3-7-13/h1-9,14,19-20H,10-12H2. The molecule has 0 saturated heterocycles. The van der Waals surface area contributed by atoms with E-state index in [0.29, 0.717) is 18.5 Å². The monoisotopic (exact) mass is 303 g/mol. The van der Waals surface area contributed by atoms with E-state index in [1.165, 1.54) is 0 Å². The van der Waals surface area contributed by atoms with Gasteiger partial charge in [0.05, 0.1) is 12.0 Å². The number of hydrogen-bond donors (Lipinski definition) is 2. The van der Waals surface area contributed by atoms with Crippen LogP contribution in [0.3, 0.4) is 0 Å². The van der Waals surface area contributed by atoms with Crippen molar-refractivity contribution in [3.63, 3.8) is 0 Å². The molecule has 2 rings (SSSR count). The maximum Gasteiger partial charge on any atom is 0.169 e. The number of para-hydroxylation sites is 1. The molecule has 0 amide bonds. The number of aliphatic hydroxyl groups is 1. The molecule has 1 atom stereocenters. The molecule has 2 aromatic rings. The minimum Gasteiger partial charge on any atom is -0.390 e. The summed E-state index contributed by atoms with van der Waals surface area (Å²) in [6.45, 7) is 0.319. The second kappa shape index (κ2) is 7.81. The molecule has 0 aromatic heterocycles. The van der Waals surface area contributed by atoms with E-state index in [1.54, 1.807) is 6.07 Å². The second-order valence-corrected chi connectivity index (χ2v) is 5.13. The van der Waals surface area contributed by atoms with Crippen molar-refractivity contribution in [2.45, 2.75) is 12.5 Å². The number of rotatable bonds is 7. The van der Waals surface area contributed by atoms with E-state index < -0.39 is 6.10 Å². The Kier molecular flexibility index (Phi) is 5.78. The second-order valence-electron chi connectivity index (χ2n) is 4.82. The zero-order chi connectivity index (χ0) is 15.1. The van der Waals surface area contributed by atoms with Crippen LogP contribution >= 0.6 is 11.6 Å². The molecule has 3 nitrogen and oxygen atoms in total. The number of Topliss-reactive ketones (excluding diaryl/α,β-unsaturated/α-hetero) is 1. The van der Waals surface area contributed by atoms with E-state index >= 15 is 0 Å². The molecule has 0 spiro atoms. The van der Waals surface area contributed by atoms with Gasteiger partial charge >= 0.3 is 0 Å². The van der Waals surface area contributed by atoms with Gasteiger partial charge in [0.2, 0.25) is 0 Å². The molecule has 0 aliphatic heterocycles. The number of alkyl halides is 1. The zero-order valence-corrected chi connectivity index (χ0v) is 12.4. The first-order valence-electron chi connectivity index (χ1n) is 6.84. The van der Waals surface area contributed by atoms with Gasteiger partial charge in [0.1, 0.15) is 0 Å². The Hall–Kier alpha value is -1.84. The van der Waals surface area contributed by atoms with E-state index in [4.69, 9.17) is 11.6 Å². The lowest BCUT2D eigenvalue weighted by Gasteiger charge is -2.13. The number of carbonyl (C=O) groups excluding carboxylic acids is 1. The molecule has 0 aliphatic rings. The van der Waals surface area contributed by atoms with Crippen LogP contribution in [0.25, 0.3) is 0 Å². The topological polar surface area (TPSA) is 49.3 Å². The largest absolute Gasteiger partial charge is 0.390 e. The Morgan fingerprint density at radius 3 is 2.48 bits per heavy atom. The van der Waals surface area contributed by atoms with Gasteiger partial charge < -0.3 is 10.4 Å². The van der Waals surface area contributed by atoms with Crippen LogP contribution < -0.4 is 5.32 Å². The summed E-state index contributed by atoms with van der Waals surface area (Å²) >= 11 is 5.57. The van der Waals surface area contributed by atoms with Gasteiger partial charge in [-0.3, -0.25) is 4.79 Å². The van der Waals surface area contributed by atoms with Crippen molar-refractivity contribution in [3.8, 4) is 0 Å². The number of aliphatic hydroxyl groups excluding tert-OH is 1. The highest BCUT2D eigenvalue weighted by Crippen LogP contribution is 2.18. The molecule has 0 radical (unpaired) electrons. The minimum atomic E-state index is -0.635. The fraction of sp³-hybridized carbons (Fsp3) is 0.235. The predicted octanol–water partition coefficient (Wildman–Crippen LogP) is 3.12. The summed E-state index contributed by atoms with van der Waals surface area (Å²) in [5, 5.41) is 12.6. The van der Waals surface area contributed by atoms with Crippen LogP contribution in [0.15, 0.2) is 54.6 Å². The van der Waals surface area contributed by atoms with E-state index in [0.717, 1.165) is 11.3 Å². The Morgan fingerprint density at radius 2 is 1.76 bits per heavy atom. The van der Waals surface area contributed by atoms with E-state index in [1.807, 2.05) is 48.5 Å². The first-order valence-corrected chi connectivity index (χ1v) is 7.38. The quantitative estimate of drug-likeness (QED) is 0.610. The highest BCUT2D eigenvalue weighted by Gasteiger charge is 2.12. The van der Waals surface area contributed by atoms with Crippen molar-refractivity contribution in [3.05, 3.63) is 65.7 Å². The first kappa shape index (κ1) is 15.5. The Morgan fingerprint density at radius 1 is 1.10 bits per heavy atom. The van der Waals surface area contributed by atoms with Crippen LogP contribution in [0.5, 0.6) is 0 Å². The van der Waals surface area contributed by atoms with Gasteiger partial charge in [0, 0.05) is 24.2 Å². The predicted molar refractivity (Wildman–Crippen MR) is 86.1 cm³/mol. The molecule has 21 heavy (non-hydrogen) atoms. The number of ketones is 1. The van der Waals surface area contributed by atoms with Crippen LogP contribution in [-0.2, 0) is 6.42 Å². The average molecular weight is 304 g/mol. The minimum absolute atomic E-state index is 0.0460. The molecule has 0 saturated carbocycles. The molecule has 0 aliphatic carbocycles. The van der Waals surface area contributed by atoms with Gasteiger partial charge in [-0.15, -0.1) is 11.6 Å². The molecule has 4 heteroatoms. The number of anilines is 1. The average Bonchev–Trinajstić information content (AvgIpc) is 2.53. The van der Waals surface area contributed by atoms with Gasteiger partial charge in [0.25, 0.3) is 0 Å². The summed E-state index contributed by atoms with van der Waals surface area (Å²) in [6.07, 6.45) is -0.277. The van der Waals surface area contributed by atoms with Gasteiger partial charge in [-0.05, 0) is 17.7 Å². The Bertz CT molecular complexity index is 586. The van der Waals surface area contributed by atoms with Crippen LogP contribution in [0.4, 0.5) is 5.69 Å². The summed E-state index contributed by atoms with van der Waals surface area (Å²) in [7, 11) is 0. The number of carbonyl (C=O) groups is 1. The van der Waals surface area contributed by atoms with Crippen molar-refractivity contribution in [2.75, 3.05) is 17.7 Å². The first-order chi connectivity index (χ1) is 10.2. The highest BCUT2D eigenvalue weighted by molar-refractivity contribution is 6.18. The third-order valence-electron chi connectivity index (χ3n) is 3.14. The lowest BCUT2D eigenvalue weighted by atomic mass is 10.0. The highest BCUT2D eigenvalue weighted by atomic mass is 35.5. The van der Waals surface area contributed by atoms with Crippen LogP contribution in [0.2, 0.25) is 0 Å². The number of halogens is 1. The van der Waals surface area contributed by atoms with Crippen molar-refractivity contribution >= 4 is 23.1 Å². The number of nitrogens with one attached hydrogen (secondary N) is 1. The van der Waals surface area contributed by atoms with E-state index in [-0.39, 0.29) is 11.7 Å². The lowest BCUT2D eigenvalue weighted by Crippen LogP contribution is -2.22. The van der Waals surface area contributed by atoms with Crippen LogP contribution in [-0.4, -0.2) is 29.4 Å². The molecule has 110 valence electrons. The molecule has 2 aromatic carbocycles. The Labute approximate surface area is 129 Å². The summed E-state index contributed by atoms with van der Waals surface area (Å²) < 4.78 is 0. The molecule has 0 bridgehead atoms. The van der Waals surface area contributed by atoms with Gasteiger partial charge in [0.15, 0.2) is 5.78 Å². The van der Waals surface area contributed by atoms with Crippen LogP contribution in [0.1, 0.15) is 15.9 Å². The third-order valence-corrected chi connectivity index (χ3v) is 3.50. The smallest absolute Gasteiger partial charge is 0.169 e. The molecule has 0 fully saturated rings. The number of benzene rings is 2. The maximum atomic E-state index is 12.4. The van der Waals surface area contributed by atoms with Crippen LogP contribution in [0, 0.1) is 0 Å². The fourth-order valence-electron chi connectivity index (χ4n) is 2.04. The SMILES string of the molecule is O=C(Cc1ccccc1)c1ccccc1NCC(O)CCl. The summed E-state index contributed by atoms with van der Waals surface area (Å²) in [4.78, 5) is 12.4. The molecule has 0 heterocycles. The van der Waals surface area contributed by atoms with Crippen molar-refractivity contribution in [2.24, 2.45) is 0 Å². The third kappa shape index (κ3) is 4.59. The van der Waals surface area contributed by atoms with Crippen molar-refractivity contribution < 1.29 is 9.90 Å². The summed E-state index contributed by atoms with van der Waals surface area (Å²) in [6, 6.07) is 17.0. The van der Waals surface area contributed by atoms with E-state index in [2.05, 4.69) is 5.32 Å². The fourth-order valence-corrected chi connectivity index (χ4v) is 2.15. The van der Waals surface area contributed by atoms with E-state index in [9.17, 15) is 9.90 Å². The van der Waals surface area contributed by atoms with Crippen molar-refractivity contribution in [1.29, 1.82) is 0 Å². The lowest BCUT2D eigenvalue weighted by molar-refractivity contribution is 0.0993. The van der Waals surface area contributed by atoms with Gasteiger partial charge in [-0.2, -0.15) is 0 Å². The normalized spacial score (nSPS) is 11.9. The molecule has 1 unspecified atom stereocenters. The molecular weight excluding hydrogens is 286 g/mol.